The number of ether oxygens (including phenoxy) is 1. The Morgan fingerprint density at radius 2 is 1.87 bits per heavy atom. The van der Waals surface area contributed by atoms with Gasteiger partial charge in [-0.1, -0.05) is 36.4 Å². The van der Waals surface area contributed by atoms with Crippen molar-refractivity contribution >= 4 is 11.6 Å². The van der Waals surface area contributed by atoms with E-state index in [2.05, 4.69) is 49.5 Å². The summed E-state index contributed by atoms with van der Waals surface area (Å²) in [5.41, 5.74) is 2.86. The Bertz CT molecular complexity index is 879. The summed E-state index contributed by atoms with van der Waals surface area (Å²) in [4.78, 5) is 6.89. The average molecular weight is 430 g/mol. The summed E-state index contributed by atoms with van der Waals surface area (Å²) in [5.74, 6) is 0.646. The molecule has 0 fully saturated rings. The van der Waals surface area contributed by atoms with Crippen LogP contribution < -0.4 is 20.3 Å². The Balaban J connectivity index is 1.56. The second kappa shape index (κ2) is 11.3. The summed E-state index contributed by atoms with van der Waals surface area (Å²) in [6.07, 6.45) is 3.49. The fourth-order valence-corrected chi connectivity index (χ4v) is 3.24. The lowest BCUT2D eigenvalue weighted by Gasteiger charge is -2.18. The number of benzene rings is 2. The minimum absolute atomic E-state index is 0.0563. The van der Waals surface area contributed by atoms with Crippen LogP contribution in [0.1, 0.15) is 24.2 Å². The van der Waals surface area contributed by atoms with E-state index in [0.717, 1.165) is 18.7 Å². The summed E-state index contributed by atoms with van der Waals surface area (Å²) < 4.78 is 28.8. The highest BCUT2D eigenvalue weighted by Crippen LogP contribution is 2.20. The number of aliphatic hydroxyl groups excluding tert-OH is 1. The molecule has 0 saturated carbocycles. The van der Waals surface area contributed by atoms with Crippen molar-refractivity contribution in [2.45, 2.75) is 26.2 Å². The van der Waals surface area contributed by atoms with Crippen molar-refractivity contribution in [3.8, 4) is 5.75 Å². The number of alkyl halides is 2. The van der Waals surface area contributed by atoms with Crippen molar-refractivity contribution < 1.29 is 18.6 Å². The number of guanidine groups is 1. The zero-order chi connectivity index (χ0) is 22.1. The van der Waals surface area contributed by atoms with E-state index in [9.17, 15) is 13.9 Å². The number of aliphatic hydroxyl groups is 1. The largest absolute Gasteiger partial charge is 0.435 e. The third-order valence-electron chi connectivity index (χ3n) is 4.81. The van der Waals surface area contributed by atoms with Gasteiger partial charge < -0.3 is 25.4 Å². The first-order valence-electron chi connectivity index (χ1n) is 10.3. The van der Waals surface area contributed by atoms with Crippen LogP contribution in [0.2, 0.25) is 0 Å². The smallest absolute Gasteiger partial charge is 0.387 e. The molecule has 2 aromatic rings. The predicted molar refractivity (Wildman–Crippen MR) is 119 cm³/mol. The SMILES string of the molecule is CCNC(=NCc1cccc(N2CC=CC2)c1)NCC(O)c1ccc(OC(F)F)cc1. The van der Waals surface area contributed by atoms with E-state index in [1.54, 1.807) is 12.1 Å². The summed E-state index contributed by atoms with van der Waals surface area (Å²) in [7, 11) is 0. The van der Waals surface area contributed by atoms with Crippen molar-refractivity contribution in [1.29, 1.82) is 0 Å². The van der Waals surface area contributed by atoms with Gasteiger partial charge in [0.15, 0.2) is 5.96 Å². The first-order valence-corrected chi connectivity index (χ1v) is 10.3. The molecular formula is C23H28F2N4O2. The minimum atomic E-state index is -2.87. The van der Waals surface area contributed by atoms with Crippen LogP contribution in [0.5, 0.6) is 5.75 Å². The maximum absolute atomic E-state index is 12.3. The second-order valence-corrected chi connectivity index (χ2v) is 7.09. The van der Waals surface area contributed by atoms with Gasteiger partial charge in [-0.05, 0) is 42.3 Å². The van der Waals surface area contributed by atoms with Gasteiger partial charge in [-0.2, -0.15) is 8.78 Å². The molecule has 8 heteroatoms. The molecule has 3 rings (SSSR count). The van der Waals surface area contributed by atoms with E-state index in [4.69, 9.17) is 0 Å². The highest BCUT2D eigenvalue weighted by atomic mass is 19.3. The number of halogens is 2. The lowest BCUT2D eigenvalue weighted by Crippen LogP contribution is -2.39. The van der Waals surface area contributed by atoms with Gasteiger partial charge in [-0.15, -0.1) is 0 Å². The van der Waals surface area contributed by atoms with Gasteiger partial charge in [0.2, 0.25) is 0 Å². The molecule has 1 atom stereocenters. The molecule has 0 bridgehead atoms. The minimum Gasteiger partial charge on any atom is -0.435 e. The number of rotatable bonds is 9. The number of hydrogen-bond donors (Lipinski definition) is 3. The fraction of sp³-hybridized carbons (Fsp3) is 0.348. The summed E-state index contributed by atoms with van der Waals surface area (Å²) in [6.45, 7) is 2.34. The molecule has 1 unspecified atom stereocenters. The maximum Gasteiger partial charge on any atom is 0.387 e. The first-order chi connectivity index (χ1) is 15.0. The molecule has 6 nitrogen and oxygen atoms in total. The van der Waals surface area contributed by atoms with Crippen LogP contribution in [0.25, 0.3) is 0 Å². The summed E-state index contributed by atoms with van der Waals surface area (Å²) in [6, 6.07) is 14.2. The standard InChI is InChI=1S/C23H28F2N4O2/c1-2-26-23(27-15-17-6-5-7-19(14-17)29-12-3-4-13-29)28-16-21(30)18-8-10-20(11-9-18)31-22(24)25/h3-11,14,21-22,30H,2,12-13,15-16H2,1H3,(H2,26,27,28). The molecule has 166 valence electrons. The highest BCUT2D eigenvalue weighted by molar-refractivity contribution is 5.79. The fourth-order valence-electron chi connectivity index (χ4n) is 3.24. The molecule has 3 N–H and O–H groups in total. The molecule has 31 heavy (non-hydrogen) atoms. The van der Waals surface area contributed by atoms with Crippen molar-refractivity contribution in [3.63, 3.8) is 0 Å². The Hall–Kier alpha value is -3.13. The van der Waals surface area contributed by atoms with Crippen molar-refractivity contribution in [1.82, 2.24) is 10.6 Å². The number of hydrogen-bond acceptors (Lipinski definition) is 4. The third-order valence-corrected chi connectivity index (χ3v) is 4.81. The van der Waals surface area contributed by atoms with Crippen LogP contribution in [-0.2, 0) is 6.54 Å². The zero-order valence-electron chi connectivity index (χ0n) is 17.5. The van der Waals surface area contributed by atoms with Gasteiger partial charge in [0.05, 0.1) is 12.6 Å². The number of nitrogens with one attached hydrogen (secondary N) is 2. The van der Waals surface area contributed by atoms with Gasteiger partial charge in [-0.25, -0.2) is 4.99 Å². The van der Waals surface area contributed by atoms with Crippen LogP contribution in [-0.4, -0.2) is 43.9 Å². The van der Waals surface area contributed by atoms with Crippen LogP contribution >= 0.6 is 0 Å². The van der Waals surface area contributed by atoms with Gasteiger partial charge in [0.1, 0.15) is 5.75 Å². The van der Waals surface area contributed by atoms with Gasteiger partial charge in [0.25, 0.3) is 0 Å². The van der Waals surface area contributed by atoms with Crippen molar-refractivity contribution in [3.05, 3.63) is 71.8 Å². The summed E-state index contributed by atoms with van der Waals surface area (Å²) >= 11 is 0. The molecule has 0 amide bonds. The Morgan fingerprint density at radius 1 is 1.13 bits per heavy atom. The normalized spacial score (nSPS) is 14.7. The lowest BCUT2D eigenvalue weighted by atomic mass is 10.1. The van der Waals surface area contributed by atoms with Gasteiger partial charge in [0, 0.05) is 31.9 Å². The van der Waals surface area contributed by atoms with Crippen LogP contribution in [0.4, 0.5) is 14.5 Å². The lowest BCUT2D eigenvalue weighted by molar-refractivity contribution is -0.0498. The molecule has 0 spiro atoms. The Kier molecular flexibility index (Phi) is 8.23. The van der Waals surface area contributed by atoms with E-state index in [-0.39, 0.29) is 12.3 Å². The monoisotopic (exact) mass is 430 g/mol. The molecule has 1 aliphatic rings. The van der Waals surface area contributed by atoms with Gasteiger partial charge in [-0.3, -0.25) is 0 Å². The molecule has 0 aromatic heterocycles. The highest BCUT2D eigenvalue weighted by Gasteiger charge is 2.11. The average Bonchev–Trinajstić information content (AvgIpc) is 3.31. The Labute approximate surface area is 181 Å². The first kappa shape index (κ1) is 22.6. The number of anilines is 1. The number of aliphatic imine (C=N–C) groups is 1. The zero-order valence-corrected chi connectivity index (χ0v) is 17.5. The van der Waals surface area contributed by atoms with Crippen LogP contribution in [0.15, 0.2) is 65.7 Å². The van der Waals surface area contributed by atoms with E-state index in [1.165, 1.54) is 17.8 Å². The molecule has 0 aliphatic carbocycles. The van der Waals surface area contributed by atoms with E-state index < -0.39 is 12.7 Å². The Morgan fingerprint density at radius 3 is 2.55 bits per heavy atom. The van der Waals surface area contributed by atoms with E-state index >= 15 is 0 Å². The molecule has 1 aliphatic heterocycles. The topological polar surface area (TPSA) is 69.1 Å². The maximum atomic E-state index is 12.3. The van der Waals surface area contributed by atoms with Crippen molar-refractivity contribution in [2.75, 3.05) is 31.1 Å². The van der Waals surface area contributed by atoms with Crippen LogP contribution in [0, 0.1) is 0 Å². The van der Waals surface area contributed by atoms with Crippen LogP contribution in [0.3, 0.4) is 0 Å². The second-order valence-electron chi connectivity index (χ2n) is 7.09. The quantitative estimate of drug-likeness (QED) is 0.323. The van der Waals surface area contributed by atoms with E-state index in [0.29, 0.717) is 24.6 Å². The van der Waals surface area contributed by atoms with E-state index in [1.807, 2.05) is 19.1 Å². The molecule has 1 heterocycles. The molecular weight excluding hydrogens is 402 g/mol. The predicted octanol–water partition coefficient (Wildman–Crippen LogP) is 3.45. The molecule has 0 saturated heterocycles. The summed E-state index contributed by atoms with van der Waals surface area (Å²) in [5, 5.41) is 16.7. The molecule has 0 radical (unpaired) electrons. The van der Waals surface area contributed by atoms with Gasteiger partial charge >= 0.3 is 6.61 Å². The van der Waals surface area contributed by atoms with Crippen molar-refractivity contribution in [2.24, 2.45) is 4.99 Å². The number of nitrogens with zero attached hydrogens (tertiary/aromatic N) is 2. The molecule has 2 aromatic carbocycles. The third kappa shape index (κ3) is 6.96.